The number of carboxylic acids is 1. The van der Waals surface area contributed by atoms with Gasteiger partial charge in [-0.25, -0.2) is 4.79 Å². The van der Waals surface area contributed by atoms with E-state index >= 15 is 0 Å². The summed E-state index contributed by atoms with van der Waals surface area (Å²) in [6.07, 6.45) is 0. The van der Waals surface area contributed by atoms with Crippen LogP contribution < -0.4 is 10.1 Å². The van der Waals surface area contributed by atoms with Crippen molar-refractivity contribution < 1.29 is 19.4 Å². The predicted octanol–water partition coefficient (Wildman–Crippen LogP) is 3.13. The first-order valence-electron chi connectivity index (χ1n) is 8.43. The van der Waals surface area contributed by atoms with E-state index in [2.05, 4.69) is 5.32 Å². The molecule has 0 aliphatic heterocycles. The monoisotopic (exact) mass is 356 g/mol. The fourth-order valence-corrected chi connectivity index (χ4v) is 2.32. The zero-order valence-electron chi connectivity index (χ0n) is 15.0. The third-order valence-corrected chi connectivity index (χ3v) is 3.93. The average Bonchev–Trinajstić information content (AvgIpc) is 2.65. The number of carbonyl (C=O) groups excluding carboxylic acids is 1. The van der Waals surface area contributed by atoms with Gasteiger partial charge < -0.3 is 20.1 Å². The number of benzene rings is 2. The van der Waals surface area contributed by atoms with Crippen LogP contribution in [0.25, 0.3) is 0 Å². The minimum atomic E-state index is -0.919. The third kappa shape index (κ3) is 6.12. The number of ether oxygens (including phenoxy) is 1. The van der Waals surface area contributed by atoms with Crippen LogP contribution in [0.1, 0.15) is 18.1 Å². The van der Waals surface area contributed by atoms with Crippen LogP contribution in [0.15, 0.2) is 54.6 Å². The molecule has 0 aliphatic carbocycles. The second kappa shape index (κ2) is 9.46. The number of urea groups is 1. The maximum Gasteiger partial charge on any atom is 0.317 e. The lowest BCUT2D eigenvalue weighted by Crippen LogP contribution is -2.40. The number of para-hydroxylation sites is 1. The topological polar surface area (TPSA) is 78.9 Å². The van der Waals surface area contributed by atoms with Gasteiger partial charge in [-0.15, -0.1) is 0 Å². The maximum absolute atomic E-state index is 12.0. The van der Waals surface area contributed by atoms with Crippen LogP contribution in [0.3, 0.4) is 0 Å². The summed E-state index contributed by atoms with van der Waals surface area (Å²) in [5.74, 6) is -0.699. The van der Waals surface area contributed by atoms with E-state index in [1.54, 1.807) is 14.0 Å². The summed E-state index contributed by atoms with van der Waals surface area (Å²) < 4.78 is 5.69. The molecule has 6 nitrogen and oxygen atoms in total. The molecule has 2 amide bonds. The van der Waals surface area contributed by atoms with E-state index in [-0.39, 0.29) is 12.6 Å². The van der Waals surface area contributed by atoms with Gasteiger partial charge in [0.05, 0.1) is 5.92 Å². The summed E-state index contributed by atoms with van der Waals surface area (Å²) in [5, 5.41) is 11.7. The van der Waals surface area contributed by atoms with Gasteiger partial charge in [0.15, 0.2) is 0 Å². The van der Waals surface area contributed by atoms with E-state index in [9.17, 15) is 9.59 Å². The smallest absolute Gasteiger partial charge is 0.317 e. The molecule has 0 spiro atoms. The molecule has 1 unspecified atom stereocenters. The minimum Gasteiger partial charge on any atom is -0.489 e. The summed E-state index contributed by atoms with van der Waals surface area (Å²) in [4.78, 5) is 24.2. The van der Waals surface area contributed by atoms with Gasteiger partial charge in [-0.05, 0) is 23.3 Å². The molecule has 1 atom stereocenters. The molecule has 0 heterocycles. The van der Waals surface area contributed by atoms with Crippen molar-refractivity contribution in [2.24, 2.45) is 5.92 Å². The van der Waals surface area contributed by atoms with Gasteiger partial charge in [-0.2, -0.15) is 0 Å². The molecule has 0 bridgehead atoms. The quantitative estimate of drug-likeness (QED) is 0.762. The lowest BCUT2D eigenvalue weighted by Gasteiger charge is -2.20. The van der Waals surface area contributed by atoms with Crippen molar-refractivity contribution in [3.8, 4) is 5.75 Å². The molecule has 2 aromatic carbocycles. The van der Waals surface area contributed by atoms with Crippen LogP contribution in [0.2, 0.25) is 0 Å². The van der Waals surface area contributed by atoms with E-state index in [1.165, 1.54) is 4.90 Å². The van der Waals surface area contributed by atoms with Gasteiger partial charge in [-0.3, -0.25) is 4.79 Å². The van der Waals surface area contributed by atoms with Crippen LogP contribution >= 0.6 is 0 Å². The van der Waals surface area contributed by atoms with Crippen molar-refractivity contribution in [1.82, 2.24) is 10.2 Å². The Bertz CT molecular complexity index is 716. The van der Waals surface area contributed by atoms with Gasteiger partial charge >= 0.3 is 12.0 Å². The molecule has 0 aliphatic rings. The highest BCUT2D eigenvalue weighted by atomic mass is 16.5. The number of aliphatic carboxylic acids is 1. The highest BCUT2D eigenvalue weighted by molar-refractivity contribution is 5.75. The largest absolute Gasteiger partial charge is 0.489 e. The lowest BCUT2D eigenvalue weighted by molar-refractivity contribution is -0.141. The number of carbonyl (C=O) groups is 2. The number of amides is 2. The Morgan fingerprint density at radius 2 is 1.69 bits per heavy atom. The van der Waals surface area contributed by atoms with Crippen molar-refractivity contribution in [3.05, 3.63) is 65.7 Å². The van der Waals surface area contributed by atoms with Crippen molar-refractivity contribution in [1.29, 1.82) is 0 Å². The van der Waals surface area contributed by atoms with Gasteiger partial charge in [0, 0.05) is 20.1 Å². The highest BCUT2D eigenvalue weighted by Crippen LogP contribution is 2.12. The molecule has 0 radical (unpaired) electrons. The average molecular weight is 356 g/mol. The lowest BCUT2D eigenvalue weighted by atomic mass is 10.1. The number of hydrogen-bond acceptors (Lipinski definition) is 3. The second-order valence-corrected chi connectivity index (χ2v) is 6.20. The van der Waals surface area contributed by atoms with Gasteiger partial charge in [0.1, 0.15) is 12.4 Å². The summed E-state index contributed by atoms with van der Waals surface area (Å²) in [6.45, 7) is 2.59. The fourth-order valence-electron chi connectivity index (χ4n) is 2.32. The summed E-state index contributed by atoms with van der Waals surface area (Å²) in [7, 11) is 1.58. The SMILES string of the molecule is CC(CN(C)C(=O)NCc1ccc(COc2ccccc2)cc1)C(=O)O. The Kier molecular flexibility index (Phi) is 7.02. The normalized spacial score (nSPS) is 11.5. The van der Waals surface area contributed by atoms with Crippen LogP contribution in [0.5, 0.6) is 5.75 Å². The first-order chi connectivity index (χ1) is 12.5. The number of nitrogens with zero attached hydrogens (tertiary/aromatic N) is 1. The third-order valence-electron chi connectivity index (χ3n) is 3.93. The molecule has 0 aromatic heterocycles. The Balaban J connectivity index is 1.78. The zero-order valence-corrected chi connectivity index (χ0v) is 15.0. The Labute approximate surface area is 153 Å². The van der Waals surface area contributed by atoms with E-state index < -0.39 is 11.9 Å². The molecule has 2 aromatic rings. The maximum atomic E-state index is 12.0. The Hall–Kier alpha value is -3.02. The van der Waals surface area contributed by atoms with E-state index in [0.29, 0.717) is 13.2 Å². The van der Waals surface area contributed by atoms with Gasteiger partial charge in [-0.1, -0.05) is 49.4 Å². The molecule has 138 valence electrons. The number of hydrogen-bond donors (Lipinski definition) is 2. The van der Waals surface area contributed by atoms with Crippen LogP contribution in [-0.4, -0.2) is 35.6 Å². The molecule has 0 saturated heterocycles. The molecule has 0 fully saturated rings. The standard InChI is InChI=1S/C20H24N2O4/c1-15(19(23)24)13-22(2)20(25)21-12-16-8-10-17(11-9-16)14-26-18-6-4-3-5-7-18/h3-11,15H,12-14H2,1-2H3,(H,21,25)(H,23,24). The summed E-state index contributed by atoms with van der Waals surface area (Å²) in [6, 6.07) is 17.1. The number of nitrogens with one attached hydrogen (secondary N) is 1. The number of carboxylic acid groups (broad SMARTS) is 1. The van der Waals surface area contributed by atoms with Gasteiger partial charge in [0.2, 0.25) is 0 Å². The minimum absolute atomic E-state index is 0.164. The molecular formula is C20H24N2O4. The van der Waals surface area contributed by atoms with E-state index in [0.717, 1.165) is 16.9 Å². The number of rotatable bonds is 8. The molecule has 2 rings (SSSR count). The first-order valence-corrected chi connectivity index (χ1v) is 8.43. The van der Waals surface area contributed by atoms with Crippen molar-refractivity contribution >= 4 is 12.0 Å². The predicted molar refractivity (Wildman–Crippen MR) is 98.9 cm³/mol. The van der Waals surface area contributed by atoms with E-state index in [4.69, 9.17) is 9.84 Å². The molecule has 2 N–H and O–H groups in total. The molecular weight excluding hydrogens is 332 g/mol. The fraction of sp³-hybridized carbons (Fsp3) is 0.300. The Morgan fingerprint density at radius 3 is 2.31 bits per heavy atom. The van der Waals surface area contributed by atoms with Crippen molar-refractivity contribution in [2.75, 3.05) is 13.6 Å². The summed E-state index contributed by atoms with van der Waals surface area (Å²) >= 11 is 0. The zero-order chi connectivity index (χ0) is 18.9. The molecule has 6 heteroatoms. The van der Waals surface area contributed by atoms with Crippen LogP contribution in [-0.2, 0) is 17.9 Å². The van der Waals surface area contributed by atoms with Crippen LogP contribution in [0.4, 0.5) is 4.79 Å². The molecule has 26 heavy (non-hydrogen) atoms. The first kappa shape index (κ1) is 19.3. The van der Waals surface area contributed by atoms with Crippen molar-refractivity contribution in [3.63, 3.8) is 0 Å². The van der Waals surface area contributed by atoms with E-state index in [1.807, 2.05) is 54.6 Å². The summed E-state index contributed by atoms with van der Waals surface area (Å²) in [5.41, 5.74) is 2.00. The van der Waals surface area contributed by atoms with Crippen molar-refractivity contribution in [2.45, 2.75) is 20.1 Å². The Morgan fingerprint density at radius 1 is 1.08 bits per heavy atom. The highest BCUT2D eigenvalue weighted by Gasteiger charge is 2.16. The van der Waals surface area contributed by atoms with Gasteiger partial charge in [0.25, 0.3) is 0 Å². The van der Waals surface area contributed by atoms with Crippen LogP contribution in [0, 0.1) is 5.92 Å². The second-order valence-electron chi connectivity index (χ2n) is 6.20. The molecule has 0 saturated carbocycles.